The largest absolute Gasteiger partial charge is 0.385 e. The van der Waals surface area contributed by atoms with Crippen LogP contribution < -0.4 is 0 Å². The summed E-state index contributed by atoms with van der Waals surface area (Å²) in [5.41, 5.74) is 1.13. The van der Waals surface area contributed by atoms with Gasteiger partial charge in [-0.05, 0) is 55.1 Å². The molecule has 2 aliphatic heterocycles. The number of halogens is 1. The van der Waals surface area contributed by atoms with E-state index >= 15 is 0 Å². The standard InChI is InChI=1S/C28H34ClN3O3/c29-25-9-4-6-23(22-25)10-11-26(33)32-17-12-27(34)31(20-21-32)16-5-15-30-18-13-28(35,14-19-30)24-7-2-1-3-8-24/h1-4,6-11,22,35H,5,12-21H2/b11-10+. The topological polar surface area (TPSA) is 64.1 Å². The van der Waals surface area contributed by atoms with Crippen molar-refractivity contribution in [2.75, 3.05) is 45.8 Å². The van der Waals surface area contributed by atoms with E-state index in [1.165, 1.54) is 0 Å². The molecule has 2 heterocycles. The smallest absolute Gasteiger partial charge is 0.246 e. The van der Waals surface area contributed by atoms with E-state index in [0.29, 0.717) is 37.6 Å². The molecule has 0 aromatic heterocycles. The van der Waals surface area contributed by atoms with E-state index in [1.54, 1.807) is 23.1 Å². The molecule has 2 aliphatic rings. The number of likely N-dealkylation sites (tertiary alicyclic amines) is 1. The predicted octanol–water partition coefficient (Wildman–Crippen LogP) is 3.79. The molecule has 35 heavy (non-hydrogen) atoms. The Morgan fingerprint density at radius 2 is 1.74 bits per heavy atom. The molecule has 0 atom stereocenters. The SMILES string of the molecule is O=C(/C=C/c1cccc(Cl)c1)N1CCC(=O)N(CCCN2CCC(O)(c3ccccc3)CC2)CC1. The van der Waals surface area contributed by atoms with E-state index in [-0.39, 0.29) is 11.8 Å². The van der Waals surface area contributed by atoms with Crippen molar-refractivity contribution in [2.45, 2.75) is 31.3 Å². The van der Waals surface area contributed by atoms with Gasteiger partial charge in [-0.3, -0.25) is 9.59 Å². The quantitative estimate of drug-likeness (QED) is 0.594. The van der Waals surface area contributed by atoms with Crippen LogP contribution in [-0.2, 0) is 15.2 Å². The molecular formula is C28H34ClN3O3. The lowest BCUT2D eigenvalue weighted by atomic mass is 9.84. The second-order valence-corrected chi connectivity index (χ2v) is 9.87. The van der Waals surface area contributed by atoms with Crippen LogP contribution >= 0.6 is 11.6 Å². The van der Waals surface area contributed by atoms with Crippen molar-refractivity contribution in [2.24, 2.45) is 0 Å². The normalized spacial score (nSPS) is 19.2. The van der Waals surface area contributed by atoms with Crippen LogP contribution in [0.3, 0.4) is 0 Å². The molecule has 186 valence electrons. The summed E-state index contributed by atoms with van der Waals surface area (Å²) >= 11 is 6.01. The Morgan fingerprint density at radius 3 is 2.49 bits per heavy atom. The summed E-state index contributed by atoms with van der Waals surface area (Å²) in [6.45, 7) is 4.83. The van der Waals surface area contributed by atoms with Crippen LogP contribution in [0.1, 0.15) is 36.8 Å². The van der Waals surface area contributed by atoms with Crippen LogP contribution in [0.4, 0.5) is 0 Å². The molecule has 0 unspecified atom stereocenters. The maximum absolute atomic E-state index is 12.6. The minimum atomic E-state index is -0.740. The summed E-state index contributed by atoms with van der Waals surface area (Å²) < 4.78 is 0. The highest BCUT2D eigenvalue weighted by molar-refractivity contribution is 6.30. The van der Waals surface area contributed by atoms with E-state index in [4.69, 9.17) is 11.6 Å². The van der Waals surface area contributed by atoms with Crippen molar-refractivity contribution in [1.29, 1.82) is 0 Å². The molecule has 2 amide bonds. The fourth-order valence-corrected chi connectivity index (χ4v) is 5.07. The van der Waals surface area contributed by atoms with E-state index < -0.39 is 5.60 Å². The zero-order valence-corrected chi connectivity index (χ0v) is 20.9. The number of rotatable bonds is 7. The molecule has 4 rings (SSSR count). The summed E-state index contributed by atoms with van der Waals surface area (Å²) in [5.74, 6) is 0.0232. The van der Waals surface area contributed by atoms with Crippen LogP contribution in [0.2, 0.25) is 5.02 Å². The number of hydrogen-bond acceptors (Lipinski definition) is 4. The van der Waals surface area contributed by atoms with Crippen LogP contribution in [0.25, 0.3) is 6.08 Å². The Hall–Kier alpha value is -2.67. The lowest BCUT2D eigenvalue weighted by Gasteiger charge is -2.38. The van der Waals surface area contributed by atoms with Gasteiger partial charge in [-0.2, -0.15) is 0 Å². The first-order valence-electron chi connectivity index (χ1n) is 12.4. The Labute approximate surface area is 212 Å². The third-order valence-electron chi connectivity index (χ3n) is 7.06. The van der Waals surface area contributed by atoms with E-state index in [1.807, 2.05) is 53.4 Å². The van der Waals surface area contributed by atoms with Crippen LogP contribution in [0.5, 0.6) is 0 Å². The van der Waals surface area contributed by atoms with E-state index in [9.17, 15) is 14.7 Å². The minimum absolute atomic E-state index is 0.0844. The van der Waals surface area contributed by atoms with Gasteiger partial charge >= 0.3 is 0 Å². The second kappa shape index (κ2) is 11.8. The summed E-state index contributed by atoms with van der Waals surface area (Å²) in [6, 6.07) is 17.3. The average Bonchev–Trinajstić information content (AvgIpc) is 3.06. The predicted molar refractivity (Wildman–Crippen MR) is 139 cm³/mol. The lowest BCUT2D eigenvalue weighted by Crippen LogP contribution is -2.43. The molecule has 0 saturated carbocycles. The monoisotopic (exact) mass is 495 g/mol. The lowest BCUT2D eigenvalue weighted by molar-refractivity contribution is -0.130. The molecule has 0 radical (unpaired) electrons. The van der Waals surface area contributed by atoms with Crippen LogP contribution in [0.15, 0.2) is 60.7 Å². The molecule has 2 fully saturated rings. The summed E-state index contributed by atoms with van der Waals surface area (Å²) in [6.07, 6.45) is 6.00. The number of nitrogens with zero attached hydrogens (tertiary/aromatic N) is 3. The first-order chi connectivity index (χ1) is 16.9. The van der Waals surface area contributed by atoms with Gasteiger partial charge in [-0.1, -0.05) is 54.1 Å². The van der Waals surface area contributed by atoms with Gasteiger partial charge in [-0.25, -0.2) is 0 Å². The molecule has 2 aromatic rings. The van der Waals surface area contributed by atoms with Gasteiger partial charge in [-0.15, -0.1) is 0 Å². The highest BCUT2D eigenvalue weighted by atomic mass is 35.5. The third kappa shape index (κ3) is 6.94. The van der Waals surface area contributed by atoms with E-state index in [0.717, 1.165) is 50.0 Å². The second-order valence-electron chi connectivity index (χ2n) is 9.44. The van der Waals surface area contributed by atoms with Gasteiger partial charge in [0, 0.05) is 56.8 Å². The number of aliphatic hydroxyl groups is 1. The fourth-order valence-electron chi connectivity index (χ4n) is 4.88. The van der Waals surface area contributed by atoms with Crippen molar-refractivity contribution >= 4 is 29.5 Å². The average molecular weight is 496 g/mol. The summed E-state index contributed by atoms with van der Waals surface area (Å²) in [5, 5.41) is 11.6. The van der Waals surface area contributed by atoms with Gasteiger partial charge in [0.2, 0.25) is 11.8 Å². The number of carbonyl (C=O) groups excluding carboxylic acids is 2. The summed E-state index contributed by atoms with van der Waals surface area (Å²) in [7, 11) is 0. The molecule has 0 bridgehead atoms. The molecule has 7 heteroatoms. The zero-order valence-electron chi connectivity index (χ0n) is 20.1. The van der Waals surface area contributed by atoms with Crippen molar-refractivity contribution in [3.05, 3.63) is 76.8 Å². The van der Waals surface area contributed by atoms with E-state index in [2.05, 4.69) is 4.90 Å². The van der Waals surface area contributed by atoms with Crippen LogP contribution in [0, 0.1) is 0 Å². The number of piperidine rings is 1. The number of benzene rings is 2. The third-order valence-corrected chi connectivity index (χ3v) is 7.30. The molecule has 0 spiro atoms. The van der Waals surface area contributed by atoms with Gasteiger partial charge < -0.3 is 19.8 Å². The van der Waals surface area contributed by atoms with Gasteiger partial charge in [0.15, 0.2) is 0 Å². The van der Waals surface area contributed by atoms with Crippen molar-refractivity contribution in [1.82, 2.24) is 14.7 Å². The summed E-state index contributed by atoms with van der Waals surface area (Å²) in [4.78, 5) is 31.3. The van der Waals surface area contributed by atoms with Crippen molar-refractivity contribution < 1.29 is 14.7 Å². The molecular weight excluding hydrogens is 462 g/mol. The van der Waals surface area contributed by atoms with Gasteiger partial charge in [0.25, 0.3) is 0 Å². The Bertz CT molecular complexity index is 1030. The maximum Gasteiger partial charge on any atom is 0.246 e. The highest BCUT2D eigenvalue weighted by Crippen LogP contribution is 2.32. The fraction of sp³-hybridized carbons (Fsp3) is 0.429. The Kier molecular flexibility index (Phi) is 8.60. The molecule has 2 aromatic carbocycles. The minimum Gasteiger partial charge on any atom is -0.385 e. The first-order valence-corrected chi connectivity index (χ1v) is 12.8. The Morgan fingerprint density at radius 1 is 0.971 bits per heavy atom. The Balaban J connectivity index is 1.20. The molecule has 2 saturated heterocycles. The number of hydrogen-bond donors (Lipinski definition) is 1. The highest BCUT2D eigenvalue weighted by Gasteiger charge is 2.33. The molecule has 1 N–H and O–H groups in total. The molecule has 6 nitrogen and oxygen atoms in total. The first kappa shape index (κ1) is 25.4. The van der Waals surface area contributed by atoms with Gasteiger partial charge in [0.1, 0.15) is 0 Å². The molecule has 0 aliphatic carbocycles. The zero-order chi connectivity index (χ0) is 24.7. The number of carbonyl (C=O) groups is 2. The van der Waals surface area contributed by atoms with Gasteiger partial charge in [0.05, 0.1) is 5.60 Å². The number of amides is 2. The maximum atomic E-state index is 12.6. The van der Waals surface area contributed by atoms with Crippen molar-refractivity contribution in [3.8, 4) is 0 Å². The van der Waals surface area contributed by atoms with Crippen LogP contribution in [-0.4, -0.2) is 77.4 Å². The van der Waals surface area contributed by atoms with Crippen molar-refractivity contribution in [3.63, 3.8) is 0 Å².